The number of benzene rings is 1. The summed E-state index contributed by atoms with van der Waals surface area (Å²) in [4.78, 5) is 20.2. The number of nitrogens with zero attached hydrogens (tertiary/aromatic N) is 2. The van der Waals surface area contributed by atoms with E-state index in [2.05, 4.69) is 25.9 Å². The Bertz CT molecular complexity index is 770. The summed E-state index contributed by atoms with van der Waals surface area (Å²) in [7, 11) is 0. The fraction of sp³-hybridized carbons (Fsp3) is 0.312. The van der Waals surface area contributed by atoms with Gasteiger partial charge in [-0.1, -0.05) is 0 Å². The lowest BCUT2D eigenvalue weighted by molar-refractivity contribution is 0.0950. The van der Waals surface area contributed by atoms with Gasteiger partial charge in [-0.3, -0.25) is 4.79 Å². The van der Waals surface area contributed by atoms with Gasteiger partial charge in [0, 0.05) is 25.7 Å². The van der Waals surface area contributed by atoms with Gasteiger partial charge in [0.25, 0.3) is 5.91 Å². The Kier molecular flexibility index (Phi) is 6.15. The van der Waals surface area contributed by atoms with E-state index in [-0.39, 0.29) is 6.54 Å². The van der Waals surface area contributed by atoms with Crippen LogP contribution in [0.3, 0.4) is 0 Å². The predicted octanol–water partition coefficient (Wildman–Crippen LogP) is 2.48. The Labute approximate surface area is 142 Å². The summed E-state index contributed by atoms with van der Waals surface area (Å²) in [6, 6.07) is 3.32. The number of hydrogen-bond acceptors (Lipinski definition) is 5. The fourth-order valence-electron chi connectivity index (χ4n) is 2.09. The van der Waals surface area contributed by atoms with Crippen LogP contribution < -0.4 is 16.0 Å². The van der Waals surface area contributed by atoms with Crippen molar-refractivity contribution in [2.75, 3.05) is 30.3 Å². The van der Waals surface area contributed by atoms with Crippen molar-refractivity contribution in [2.45, 2.75) is 13.8 Å². The Morgan fingerprint density at radius 1 is 1.04 bits per heavy atom. The molecular formula is C16H18F3N5O. The molecule has 134 valence electrons. The highest BCUT2D eigenvalue weighted by molar-refractivity contribution is 5.94. The molecule has 0 bridgehead atoms. The lowest BCUT2D eigenvalue weighted by Gasteiger charge is -2.10. The Morgan fingerprint density at radius 3 is 2.40 bits per heavy atom. The zero-order chi connectivity index (χ0) is 18.4. The van der Waals surface area contributed by atoms with Crippen molar-refractivity contribution >= 4 is 17.5 Å². The second kappa shape index (κ2) is 8.32. The molecule has 1 aromatic carbocycles. The molecular weight excluding hydrogens is 335 g/mol. The van der Waals surface area contributed by atoms with Crippen molar-refractivity contribution in [1.29, 1.82) is 0 Å². The molecule has 0 unspecified atom stereocenters. The zero-order valence-electron chi connectivity index (χ0n) is 13.8. The third-order valence-electron chi connectivity index (χ3n) is 3.19. The molecule has 2 aromatic rings. The Hall–Kier alpha value is -2.84. The van der Waals surface area contributed by atoms with Crippen molar-refractivity contribution in [3.63, 3.8) is 0 Å². The maximum Gasteiger partial charge on any atom is 0.254 e. The van der Waals surface area contributed by atoms with Crippen LogP contribution in [-0.2, 0) is 0 Å². The molecule has 0 fully saturated rings. The second-order valence-corrected chi connectivity index (χ2v) is 5.12. The van der Waals surface area contributed by atoms with Gasteiger partial charge >= 0.3 is 0 Å². The van der Waals surface area contributed by atoms with E-state index in [1.165, 1.54) is 0 Å². The van der Waals surface area contributed by atoms with Gasteiger partial charge in [0.05, 0.1) is 5.56 Å². The number of nitrogens with one attached hydrogen (secondary N) is 3. The van der Waals surface area contributed by atoms with E-state index >= 15 is 0 Å². The lowest BCUT2D eigenvalue weighted by atomic mass is 10.2. The van der Waals surface area contributed by atoms with E-state index < -0.39 is 28.9 Å². The minimum atomic E-state index is -1.67. The first-order valence-electron chi connectivity index (χ1n) is 7.67. The van der Waals surface area contributed by atoms with Gasteiger partial charge < -0.3 is 16.0 Å². The molecule has 2 rings (SSSR count). The normalized spacial score (nSPS) is 10.4. The average molecular weight is 353 g/mol. The van der Waals surface area contributed by atoms with Crippen LogP contribution in [0.4, 0.5) is 24.8 Å². The Balaban J connectivity index is 1.89. The number of amides is 1. The van der Waals surface area contributed by atoms with Crippen LogP contribution >= 0.6 is 0 Å². The number of aromatic nitrogens is 2. The Morgan fingerprint density at radius 2 is 1.72 bits per heavy atom. The highest BCUT2D eigenvalue weighted by Gasteiger charge is 2.18. The van der Waals surface area contributed by atoms with Crippen LogP contribution in [-0.4, -0.2) is 35.5 Å². The highest BCUT2D eigenvalue weighted by atomic mass is 19.2. The van der Waals surface area contributed by atoms with Crippen LogP contribution in [0, 0.1) is 24.4 Å². The first-order chi connectivity index (χ1) is 11.9. The molecule has 0 aliphatic rings. The van der Waals surface area contributed by atoms with Gasteiger partial charge in [0.15, 0.2) is 17.5 Å². The zero-order valence-corrected chi connectivity index (χ0v) is 13.8. The van der Waals surface area contributed by atoms with Gasteiger partial charge in [-0.25, -0.2) is 23.1 Å². The molecule has 3 N–H and O–H groups in total. The predicted molar refractivity (Wildman–Crippen MR) is 88.1 cm³/mol. The summed E-state index contributed by atoms with van der Waals surface area (Å²) in [6.45, 7) is 4.85. The summed E-state index contributed by atoms with van der Waals surface area (Å²) < 4.78 is 39.5. The van der Waals surface area contributed by atoms with Crippen LogP contribution in [0.1, 0.15) is 23.1 Å². The van der Waals surface area contributed by atoms with Crippen molar-refractivity contribution in [1.82, 2.24) is 15.3 Å². The number of carbonyl (C=O) groups is 1. The smallest absolute Gasteiger partial charge is 0.254 e. The van der Waals surface area contributed by atoms with E-state index in [0.29, 0.717) is 36.6 Å². The minimum Gasteiger partial charge on any atom is -0.370 e. The first kappa shape index (κ1) is 18.5. The molecule has 0 spiro atoms. The quantitative estimate of drug-likeness (QED) is 0.526. The molecule has 0 atom stereocenters. The average Bonchev–Trinajstić information content (AvgIpc) is 2.56. The maximum absolute atomic E-state index is 13.5. The van der Waals surface area contributed by atoms with Crippen LogP contribution in [0.15, 0.2) is 18.2 Å². The van der Waals surface area contributed by atoms with Crippen LogP contribution in [0.5, 0.6) is 0 Å². The SMILES string of the molecule is CCNc1cc(NCCNC(=O)c2ccc(F)c(F)c2F)nc(C)n1. The lowest BCUT2D eigenvalue weighted by Crippen LogP contribution is -2.30. The third-order valence-corrected chi connectivity index (χ3v) is 3.19. The molecule has 6 nitrogen and oxygen atoms in total. The van der Waals surface area contributed by atoms with E-state index in [1.54, 1.807) is 13.0 Å². The van der Waals surface area contributed by atoms with Crippen molar-refractivity contribution in [3.05, 3.63) is 47.0 Å². The van der Waals surface area contributed by atoms with Crippen LogP contribution in [0.2, 0.25) is 0 Å². The number of carbonyl (C=O) groups excluding carboxylic acids is 1. The standard InChI is InChI=1S/C16H18F3N5O/c1-3-20-12-8-13(24-9(2)23-12)21-6-7-22-16(25)10-4-5-11(17)15(19)14(10)18/h4-5,8H,3,6-7H2,1-2H3,(H,22,25)(H2,20,21,23,24). The molecule has 0 saturated heterocycles. The van der Waals surface area contributed by atoms with Crippen molar-refractivity contribution in [3.8, 4) is 0 Å². The fourth-order valence-corrected chi connectivity index (χ4v) is 2.09. The molecule has 1 aromatic heterocycles. The summed E-state index contributed by atoms with van der Waals surface area (Å²) in [5.41, 5.74) is -0.550. The summed E-state index contributed by atoms with van der Waals surface area (Å²) in [6.07, 6.45) is 0. The third kappa shape index (κ3) is 4.82. The molecule has 0 aliphatic carbocycles. The molecule has 1 amide bonds. The maximum atomic E-state index is 13.5. The number of aryl methyl sites for hydroxylation is 1. The summed E-state index contributed by atoms with van der Waals surface area (Å²) in [5, 5.41) is 8.48. The summed E-state index contributed by atoms with van der Waals surface area (Å²) in [5.74, 6) is -3.53. The minimum absolute atomic E-state index is 0.136. The van der Waals surface area contributed by atoms with E-state index in [9.17, 15) is 18.0 Å². The number of hydrogen-bond donors (Lipinski definition) is 3. The molecule has 0 radical (unpaired) electrons. The molecule has 0 aliphatic heterocycles. The van der Waals surface area contributed by atoms with E-state index in [4.69, 9.17) is 0 Å². The molecule has 1 heterocycles. The molecule has 9 heteroatoms. The van der Waals surface area contributed by atoms with E-state index in [0.717, 1.165) is 6.07 Å². The highest BCUT2D eigenvalue weighted by Crippen LogP contribution is 2.15. The van der Waals surface area contributed by atoms with Crippen molar-refractivity contribution < 1.29 is 18.0 Å². The number of halogens is 3. The summed E-state index contributed by atoms with van der Waals surface area (Å²) >= 11 is 0. The van der Waals surface area contributed by atoms with E-state index in [1.807, 2.05) is 6.92 Å². The van der Waals surface area contributed by atoms with Gasteiger partial charge in [0.1, 0.15) is 17.5 Å². The largest absolute Gasteiger partial charge is 0.370 e. The van der Waals surface area contributed by atoms with Gasteiger partial charge in [-0.05, 0) is 26.0 Å². The molecule has 25 heavy (non-hydrogen) atoms. The second-order valence-electron chi connectivity index (χ2n) is 5.12. The topological polar surface area (TPSA) is 78.9 Å². The first-order valence-corrected chi connectivity index (χ1v) is 7.67. The van der Waals surface area contributed by atoms with Gasteiger partial charge in [-0.15, -0.1) is 0 Å². The van der Waals surface area contributed by atoms with Gasteiger partial charge in [-0.2, -0.15) is 0 Å². The number of anilines is 2. The number of rotatable bonds is 7. The van der Waals surface area contributed by atoms with Crippen molar-refractivity contribution in [2.24, 2.45) is 0 Å². The van der Waals surface area contributed by atoms with Crippen LogP contribution in [0.25, 0.3) is 0 Å². The monoisotopic (exact) mass is 353 g/mol. The molecule has 0 saturated carbocycles. The van der Waals surface area contributed by atoms with Gasteiger partial charge in [0.2, 0.25) is 0 Å².